The third-order valence-electron chi connectivity index (χ3n) is 2.76. The monoisotopic (exact) mass is 225 g/mol. The minimum Gasteiger partial charge on any atom is -0.487 e. The maximum atomic E-state index is 6.12. The van der Waals surface area contributed by atoms with E-state index >= 15 is 0 Å². The van der Waals surface area contributed by atoms with Crippen LogP contribution in [0, 0.1) is 6.92 Å². The summed E-state index contributed by atoms with van der Waals surface area (Å²) in [7, 11) is 0. The first-order valence-corrected chi connectivity index (χ1v) is 5.51. The smallest absolute Gasteiger partial charge is 0.127 e. The van der Waals surface area contributed by atoms with Gasteiger partial charge in [0.05, 0.1) is 0 Å². The quantitative estimate of drug-likeness (QED) is 0.736. The lowest BCUT2D eigenvalue weighted by atomic mass is 9.89. The number of fused-ring (bicyclic) bond motifs is 1. The summed E-state index contributed by atoms with van der Waals surface area (Å²) in [6.07, 6.45) is 0.819. The highest BCUT2D eigenvalue weighted by Crippen LogP contribution is 2.41. The molecule has 0 aliphatic carbocycles. The van der Waals surface area contributed by atoms with Gasteiger partial charge in [-0.3, -0.25) is 0 Å². The van der Waals surface area contributed by atoms with Gasteiger partial charge >= 0.3 is 0 Å². The van der Waals surface area contributed by atoms with Gasteiger partial charge in [0, 0.05) is 23.0 Å². The Morgan fingerprint density at radius 1 is 1.47 bits per heavy atom. The van der Waals surface area contributed by atoms with Crippen LogP contribution in [0.15, 0.2) is 12.1 Å². The number of halogens is 1. The lowest BCUT2D eigenvalue weighted by molar-refractivity contribution is 0.0719. The number of hydrogen-bond donors (Lipinski definition) is 1. The molecule has 0 saturated carbocycles. The standard InChI is InChI=1S/C12H16ClNO/c1-7-4-8(13)5-9-10(14)6-12(2,3)15-11(7)9/h4-5,10H,6,14H2,1-3H3. The SMILES string of the molecule is Cc1cc(Cl)cc2c1OC(C)(C)CC2N. The van der Waals surface area contributed by atoms with Crippen LogP contribution in [0.2, 0.25) is 5.02 Å². The van der Waals surface area contributed by atoms with E-state index in [-0.39, 0.29) is 11.6 Å². The van der Waals surface area contributed by atoms with Gasteiger partial charge in [0.25, 0.3) is 0 Å². The van der Waals surface area contributed by atoms with Crippen LogP contribution in [0.3, 0.4) is 0 Å². The zero-order chi connectivity index (χ0) is 11.2. The molecule has 0 aromatic heterocycles. The predicted octanol–water partition coefficient (Wildman–Crippen LogP) is 3.21. The van der Waals surface area contributed by atoms with Crippen molar-refractivity contribution in [1.82, 2.24) is 0 Å². The number of aryl methyl sites for hydroxylation is 1. The molecule has 1 aliphatic rings. The number of rotatable bonds is 0. The third-order valence-corrected chi connectivity index (χ3v) is 2.98. The Hall–Kier alpha value is -0.730. The van der Waals surface area contributed by atoms with Crippen molar-refractivity contribution in [2.24, 2.45) is 5.73 Å². The second kappa shape index (κ2) is 3.39. The van der Waals surface area contributed by atoms with Gasteiger partial charge in [0.15, 0.2) is 0 Å². The molecule has 1 atom stereocenters. The molecule has 1 unspecified atom stereocenters. The summed E-state index contributed by atoms with van der Waals surface area (Å²) in [5, 5.41) is 0.727. The van der Waals surface area contributed by atoms with E-state index in [4.69, 9.17) is 22.1 Å². The number of nitrogens with two attached hydrogens (primary N) is 1. The van der Waals surface area contributed by atoms with Crippen LogP contribution in [0.5, 0.6) is 5.75 Å². The van der Waals surface area contributed by atoms with Crippen LogP contribution >= 0.6 is 11.6 Å². The maximum absolute atomic E-state index is 6.12. The van der Waals surface area contributed by atoms with Gasteiger partial charge < -0.3 is 10.5 Å². The van der Waals surface area contributed by atoms with Crippen LogP contribution in [-0.4, -0.2) is 5.60 Å². The Morgan fingerprint density at radius 2 is 2.13 bits per heavy atom. The maximum Gasteiger partial charge on any atom is 0.127 e. The van der Waals surface area contributed by atoms with Crippen LogP contribution in [-0.2, 0) is 0 Å². The summed E-state index contributed by atoms with van der Waals surface area (Å²) >= 11 is 6.01. The van der Waals surface area contributed by atoms with Crippen molar-refractivity contribution in [3.8, 4) is 5.75 Å². The minimum absolute atomic E-state index is 0.0150. The topological polar surface area (TPSA) is 35.2 Å². The summed E-state index contributed by atoms with van der Waals surface area (Å²) in [6.45, 7) is 6.12. The molecule has 15 heavy (non-hydrogen) atoms. The largest absolute Gasteiger partial charge is 0.487 e. The van der Waals surface area contributed by atoms with E-state index in [9.17, 15) is 0 Å². The second-order valence-corrected chi connectivity index (χ2v) is 5.25. The fourth-order valence-electron chi connectivity index (χ4n) is 2.13. The van der Waals surface area contributed by atoms with Gasteiger partial charge in [-0.2, -0.15) is 0 Å². The van der Waals surface area contributed by atoms with E-state index in [1.807, 2.05) is 19.1 Å². The normalized spacial score (nSPS) is 23.1. The number of ether oxygens (including phenoxy) is 1. The van der Waals surface area contributed by atoms with Gasteiger partial charge in [-0.1, -0.05) is 11.6 Å². The first kappa shape index (κ1) is 10.8. The molecule has 2 N–H and O–H groups in total. The molecule has 1 aromatic carbocycles. The highest BCUT2D eigenvalue weighted by Gasteiger charge is 2.32. The van der Waals surface area contributed by atoms with E-state index < -0.39 is 0 Å². The Morgan fingerprint density at radius 3 is 2.80 bits per heavy atom. The summed E-state index contributed by atoms with van der Waals surface area (Å²) in [5.41, 5.74) is 8.02. The fourth-order valence-corrected chi connectivity index (χ4v) is 2.41. The highest BCUT2D eigenvalue weighted by molar-refractivity contribution is 6.30. The van der Waals surface area contributed by atoms with Crippen LogP contribution in [0.25, 0.3) is 0 Å². The fraction of sp³-hybridized carbons (Fsp3) is 0.500. The Kier molecular flexibility index (Phi) is 2.44. The molecule has 3 heteroatoms. The van der Waals surface area contributed by atoms with Crippen molar-refractivity contribution in [3.63, 3.8) is 0 Å². The molecule has 1 aliphatic heterocycles. The molecular weight excluding hydrogens is 210 g/mol. The molecule has 0 spiro atoms. The van der Waals surface area contributed by atoms with Crippen molar-refractivity contribution in [3.05, 3.63) is 28.3 Å². The van der Waals surface area contributed by atoms with Crippen LogP contribution in [0.4, 0.5) is 0 Å². The molecule has 2 rings (SSSR count). The minimum atomic E-state index is -0.189. The van der Waals surface area contributed by atoms with Gasteiger partial charge in [-0.05, 0) is 38.5 Å². The van der Waals surface area contributed by atoms with Crippen LogP contribution in [0.1, 0.15) is 37.4 Å². The Balaban J connectivity index is 2.55. The van der Waals surface area contributed by atoms with E-state index in [1.165, 1.54) is 0 Å². The van der Waals surface area contributed by atoms with E-state index in [2.05, 4.69) is 13.8 Å². The number of benzene rings is 1. The molecule has 0 amide bonds. The van der Waals surface area contributed by atoms with Gasteiger partial charge in [-0.15, -0.1) is 0 Å². The Labute approximate surface area is 95.4 Å². The summed E-state index contributed by atoms with van der Waals surface area (Å²) < 4.78 is 5.94. The molecule has 82 valence electrons. The predicted molar refractivity (Wildman–Crippen MR) is 62.4 cm³/mol. The van der Waals surface area contributed by atoms with E-state index in [1.54, 1.807) is 0 Å². The van der Waals surface area contributed by atoms with E-state index in [0.717, 1.165) is 28.3 Å². The van der Waals surface area contributed by atoms with Gasteiger partial charge in [0.2, 0.25) is 0 Å². The molecule has 0 radical (unpaired) electrons. The highest BCUT2D eigenvalue weighted by atomic mass is 35.5. The first-order valence-electron chi connectivity index (χ1n) is 5.14. The van der Waals surface area contributed by atoms with Crippen LogP contribution < -0.4 is 10.5 Å². The van der Waals surface area contributed by atoms with Gasteiger partial charge in [0.1, 0.15) is 11.4 Å². The molecule has 0 fully saturated rings. The summed E-state index contributed by atoms with van der Waals surface area (Å²) in [6, 6.07) is 3.83. The molecule has 0 saturated heterocycles. The lowest BCUT2D eigenvalue weighted by Gasteiger charge is -2.37. The van der Waals surface area contributed by atoms with Gasteiger partial charge in [-0.25, -0.2) is 0 Å². The number of hydrogen-bond acceptors (Lipinski definition) is 2. The zero-order valence-corrected chi connectivity index (χ0v) is 10.1. The Bertz CT molecular complexity index is 401. The zero-order valence-electron chi connectivity index (χ0n) is 9.30. The first-order chi connectivity index (χ1) is 6.89. The molecular formula is C12H16ClNO. The van der Waals surface area contributed by atoms with Crippen molar-refractivity contribution < 1.29 is 4.74 Å². The molecule has 1 heterocycles. The second-order valence-electron chi connectivity index (χ2n) is 4.81. The van der Waals surface area contributed by atoms with Crippen molar-refractivity contribution in [1.29, 1.82) is 0 Å². The molecule has 0 bridgehead atoms. The third kappa shape index (κ3) is 1.97. The summed E-state index contributed by atoms with van der Waals surface area (Å²) in [4.78, 5) is 0. The average Bonchev–Trinajstić information content (AvgIpc) is 2.06. The molecule has 1 aromatic rings. The van der Waals surface area contributed by atoms with E-state index in [0.29, 0.717) is 0 Å². The van der Waals surface area contributed by atoms with Crippen molar-refractivity contribution in [2.45, 2.75) is 38.8 Å². The average molecular weight is 226 g/mol. The molecule has 2 nitrogen and oxygen atoms in total. The van der Waals surface area contributed by atoms with Crippen molar-refractivity contribution in [2.75, 3.05) is 0 Å². The van der Waals surface area contributed by atoms with Crippen molar-refractivity contribution >= 4 is 11.6 Å². The lowest BCUT2D eigenvalue weighted by Crippen LogP contribution is -2.37. The summed E-state index contributed by atoms with van der Waals surface area (Å²) in [5.74, 6) is 0.906.